The molecule has 7 rings (SSSR count). The van der Waals surface area contributed by atoms with Gasteiger partial charge in [-0.15, -0.1) is 0 Å². The van der Waals surface area contributed by atoms with E-state index in [2.05, 4.69) is 48.5 Å². The number of benzene rings is 3. The average Bonchev–Trinajstić information content (AvgIpc) is 2.91. The average molecular weight is 527 g/mol. The molecular formula is C34H35ClO3. The van der Waals surface area contributed by atoms with Gasteiger partial charge < -0.3 is 9.47 Å². The maximum atomic E-state index is 11.7. The summed E-state index contributed by atoms with van der Waals surface area (Å²) in [6.45, 7) is 2.73. The molecule has 0 heterocycles. The molecule has 0 spiro atoms. The normalized spacial score (nSPS) is 25.6. The van der Waals surface area contributed by atoms with E-state index in [9.17, 15) is 4.79 Å². The molecule has 3 nitrogen and oxygen atoms in total. The molecule has 196 valence electrons. The summed E-state index contributed by atoms with van der Waals surface area (Å²) in [5.74, 6) is 3.23. The van der Waals surface area contributed by atoms with Crippen molar-refractivity contribution >= 4 is 23.6 Å². The van der Waals surface area contributed by atoms with Crippen molar-refractivity contribution in [1.29, 1.82) is 0 Å². The molecule has 0 N–H and O–H groups in total. The van der Waals surface area contributed by atoms with Crippen LogP contribution in [0, 0.1) is 17.8 Å². The molecule has 4 fully saturated rings. The lowest BCUT2D eigenvalue weighted by molar-refractivity contribution is -0.137. The summed E-state index contributed by atoms with van der Waals surface area (Å²) in [5, 5.41) is 0.615. The van der Waals surface area contributed by atoms with Gasteiger partial charge in [0.25, 0.3) is 0 Å². The van der Waals surface area contributed by atoms with Crippen LogP contribution in [-0.4, -0.2) is 12.6 Å². The highest BCUT2D eigenvalue weighted by molar-refractivity contribution is 6.32. The first-order chi connectivity index (χ1) is 18.5. The van der Waals surface area contributed by atoms with E-state index in [1.54, 1.807) is 13.0 Å². The van der Waals surface area contributed by atoms with E-state index in [1.165, 1.54) is 55.7 Å². The summed E-state index contributed by atoms with van der Waals surface area (Å²) in [6, 6.07) is 23.2. The fraction of sp³-hybridized carbons (Fsp3) is 0.382. The summed E-state index contributed by atoms with van der Waals surface area (Å²) < 4.78 is 11.5. The number of hydrogen-bond acceptors (Lipinski definition) is 3. The second-order valence-electron chi connectivity index (χ2n) is 11.5. The molecule has 0 atom stereocenters. The van der Waals surface area contributed by atoms with Gasteiger partial charge in [-0.1, -0.05) is 60.1 Å². The van der Waals surface area contributed by atoms with Crippen LogP contribution >= 0.6 is 11.6 Å². The molecule has 4 saturated carbocycles. The van der Waals surface area contributed by atoms with Gasteiger partial charge in [-0.2, -0.15) is 0 Å². The van der Waals surface area contributed by atoms with Crippen molar-refractivity contribution < 1.29 is 14.3 Å². The molecule has 0 aromatic heterocycles. The Balaban J connectivity index is 1.33. The molecule has 3 aromatic carbocycles. The van der Waals surface area contributed by atoms with Crippen molar-refractivity contribution in [1.82, 2.24) is 0 Å². The van der Waals surface area contributed by atoms with E-state index in [0.717, 1.165) is 40.2 Å². The summed E-state index contributed by atoms with van der Waals surface area (Å²) >= 11 is 6.66. The number of carbonyl (C=O) groups excluding carboxylic acids is 1. The fourth-order valence-corrected chi connectivity index (χ4v) is 7.86. The van der Waals surface area contributed by atoms with Crippen molar-refractivity contribution in [3.63, 3.8) is 0 Å². The maximum Gasteiger partial charge on any atom is 0.330 e. The minimum atomic E-state index is -0.362. The molecule has 4 aliphatic carbocycles. The Hall–Kier alpha value is -3.04. The number of ether oxygens (including phenoxy) is 2. The van der Waals surface area contributed by atoms with Crippen LogP contribution in [-0.2, 0) is 21.6 Å². The minimum Gasteiger partial charge on any atom is -0.489 e. The van der Waals surface area contributed by atoms with E-state index in [4.69, 9.17) is 21.1 Å². The van der Waals surface area contributed by atoms with Crippen molar-refractivity contribution in [2.45, 2.75) is 57.5 Å². The van der Waals surface area contributed by atoms with Crippen LogP contribution in [0.2, 0.25) is 5.02 Å². The lowest BCUT2D eigenvalue weighted by Crippen LogP contribution is -2.48. The standard InChI is InChI=1S/C34H35ClO3/c1-2-37-33(36)13-11-27-8-9-29(18-31(27)35)28-10-12-32(38-22-23-6-4-3-5-7-23)30(17-28)34-19-24-14-25(20-34)16-26(15-24)21-34/h3-13,17-18,24-26H,2,14-16,19-22H2,1H3. The summed E-state index contributed by atoms with van der Waals surface area (Å²) in [5.41, 5.74) is 5.81. The van der Waals surface area contributed by atoms with Gasteiger partial charge in [-0.3, -0.25) is 0 Å². The highest BCUT2D eigenvalue weighted by Gasteiger charge is 2.52. The molecule has 0 saturated heterocycles. The van der Waals surface area contributed by atoms with E-state index < -0.39 is 0 Å². The van der Waals surface area contributed by atoms with Crippen molar-refractivity contribution in [2.75, 3.05) is 6.61 Å². The van der Waals surface area contributed by atoms with E-state index in [0.29, 0.717) is 18.2 Å². The van der Waals surface area contributed by atoms with E-state index in [1.807, 2.05) is 18.2 Å². The first kappa shape index (κ1) is 25.2. The summed E-state index contributed by atoms with van der Waals surface area (Å²) in [7, 11) is 0. The third-order valence-electron chi connectivity index (χ3n) is 8.85. The van der Waals surface area contributed by atoms with Gasteiger partial charge >= 0.3 is 5.97 Å². The predicted molar refractivity (Wildman–Crippen MR) is 153 cm³/mol. The summed E-state index contributed by atoms with van der Waals surface area (Å²) in [6.07, 6.45) is 11.2. The molecule has 4 aliphatic rings. The van der Waals surface area contributed by atoms with Gasteiger partial charge in [-0.25, -0.2) is 4.79 Å². The third-order valence-corrected chi connectivity index (χ3v) is 9.17. The molecule has 4 bridgehead atoms. The number of rotatable bonds is 8. The smallest absolute Gasteiger partial charge is 0.330 e. The lowest BCUT2D eigenvalue weighted by atomic mass is 9.48. The van der Waals surface area contributed by atoms with Gasteiger partial charge in [0.2, 0.25) is 0 Å². The largest absolute Gasteiger partial charge is 0.489 e. The van der Waals surface area contributed by atoms with Crippen LogP contribution in [0.25, 0.3) is 17.2 Å². The van der Waals surface area contributed by atoms with Crippen LogP contribution < -0.4 is 4.74 Å². The Labute approximate surface area is 230 Å². The van der Waals surface area contributed by atoms with Crippen LogP contribution in [0.3, 0.4) is 0 Å². The molecule has 3 aromatic rings. The van der Waals surface area contributed by atoms with Crippen LogP contribution in [0.15, 0.2) is 72.8 Å². The second kappa shape index (κ2) is 10.6. The van der Waals surface area contributed by atoms with Gasteiger partial charge in [0.15, 0.2) is 0 Å². The highest BCUT2D eigenvalue weighted by atomic mass is 35.5. The zero-order valence-corrected chi connectivity index (χ0v) is 22.8. The Kier molecular flexibility index (Phi) is 7.05. The SMILES string of the molecule is CCOC(=O)C=Cc1ccc(-c2ccc(OCc3ccccc3)c(C34CC5CC(CC(C5)C3)C4)c2)cc1Cl. The Morgan fingerprint density at radius 1 is 0.921 bits per heavy atom. The number of carbonyl (C=O) groups is 1. The van der Waals surface area contributed by atoms with Crippen LogP contribution in [0.4, 0.5) is 0 Å². The van der Waals surface area contributed by atoms with Gasteiger partial charge in [0, 0.05) is 16.7 Å². The maximum absolute atomic E-state index is 11.7. The molecule has 0 aliphatic heterocycles. The molecular weight excluding hydrogens is 492 g/mol. The van der Waals surface area contributed by atoms with Crippen LogP contribution in [0.5, 0.6) is 5.75 Å². The predicted octanol–water partition coefficient (Wildman–Crippen LogP) is 8.63. The number of halogens is 1. The quantitative estimate of drug-likeness (QED) is 0.217. The van der Waals surface area contributed by atoms with E-state index >= 15 is 0 Å². The lowest BCUT2D eigenvalue weighted by Gasteiger charge is -2.57. The van der Waals surface area contributed by atoms with Crippen molar-refractivity contribution in [3.8, 4) is 16.9 Å². The molecule has 0 radical (unpaired) electrons. The first-order valence-corrected chi connectivity index (χ1v) is 14.3. The second-order valence-corrected chi connectivity index (χ2v) is 11.9. The van der Waals surface area contributed by atoms with Gasteiger partial charge in [0.05, 0.1) is 6.61 Å². The van der Waals surface area contributed by atoms with Crippen LogP contribution in [0.1, 0.15) is 62.1 Å². The molecule has 38 heavy (non-hydrogen) atoms. The first-order valence-electron chi connectivity index (χ1n) is 14.0. The third kappa shape index (κ3) is 5.14. The van der Waals surface area contributed by atoms with Crippen molar-refractivity contribution in [2.24, 2.45) is 17.8 Å². The Bertz CT molecular complexity index is 1310. The number of hydrogen-bond donors (Lipinski definition) is 0. The fourth-order valence-electron chi connectivity index (χ4n) is 7.62. The summed E-state index contributed by atoms with van der Waals surface area (Å²) in [4.78, 5) is 11.7. The van der Waals surface area contributed by atoms with Gasteiger partial charge in [0.1, 0.15) is 12.4 Å². The zero-order valence-electron chi connectivity index (χ0n) is 22.0. The molecule has 4 heteroatoms. The Morgan fingerprint density at radius 2 is 1.58 bits per heavy atom. The minimum absolute atomic E-state index is 0.211. The van der Waals surface area contributed by atoms with E-state index in [-0.39, 0.29) is 11.4 Å². The molecule has 0 amide bonds. The zero-order chi connectivity index (χ0) is 26.1. The Morgan fingerprint density at radius 3 is 2.24 bits per heavy atom. The van der Waals surface area contributed by atoms with Crippen molar-refractivity contribution in [3.05, 3.63) is 94.5 Å². The highest BCUT2D eigenvalue weighted by Crippen LogP contribution is 2.62. The van der Waals surface area contributed by atoms with Gasteiger partial charge in [-0.05, 0) is 115 Å². The topological polar surface area (TPSA) is 35.5 Å². The monoisotopic (exact) mass is 526 g/mol. The molecule has 0 unspecified atom stereocenters. The number of esters is 1.